The molecule has 0 atom stereocenters. The van der Waals surface area contributed by atoms with Gasteiger partial charge in [-0.3, -0.25) is 10.4 Å². The summed E-state index contributed by atoms with van der Waals surface area (Å²) in [6.07, 6.45) is 16.0. The quantitative estimate of drug-likeness (QED) is 0.415. The third-order valence-electron chi connectivity index (χ3n) is 6.06. The number of pyridine rings is 1. The second-order valence-corrected chi connectivity index (χ2v) is 8.37. The molecule has 10 nitrogen and oxygen atoms in total. The van der Waals surface area contributed by atoms with Crippen LogP contribution in [0.3, 0.4) is 0 Å². The summed E-state index contributed by atoms with van der Waals surface area (Å²) in [4.78, 5) is 11.2. The van der Waals surface area contributed by atoms with Gasteiger partial charge in [0.1, 0.15) is 30.3 Å². The minimum atomic E-state index is 0.533. The van der Waals surface area contributed by atoms with Crippen molar-refractivity contribution < 1.29 is 14.2 Å². The number of morpholine rings is 1. The van der Waals surface area contributed by atoms with Crippen LogP contribution in [0.5, 0.6) is 0 Å². The average molecular weight is 484 g/mol. The Balaban J connectivity index is 1.40. The van der Waals surface area contributed by atoms with E-state index in [2.05, 4.69) is 21.4 Å². The summed E-state index contributed by atoms with van der Waals surface area (Å²) < 4.78 is 18.5. The van der Waals surface area contributed by atoms with Crippen molar-refractivity contribution in [1.29, 1.82) is 0 Å². The van der Waals surface area contributed by atoms with Gasteiger partial charge in [0, 0.05) is 43.2 Å². The lowest BCUT2D eigenvalue weighted by molar-refractivity contribution is 0.122. The molecule has 0 bridgehead atoms. The predicted octanol–water partition coefficient (Wildman–Crippen LogP) is 4.03. The first-order chi connectivity index (χ1) is 17.8. The van der Waals surface area contributed by atoms with Gasteiger partial charge in [-0.05, 0) is 30.5 Å². The van der Waals surface area contributed by atoms with E-state index in [-0.39, 0.29) is 0 Å². The Morgan fingerprint density at radius 3 is 2.75 bits per heavy atom. The van der Waals surface area contributed by atoms with E-state index in [4.69, 9.17) is 29.4 Å². The lowest BCUT2D eigenvalue weighted by Gasteiger charge is -2.29. The SMILES string of the molecule is C1=CCCC(C(=NNc2cc(N3CCOCC3)n3nc(-c4ccncc4)cc3n2)C2=COC=CO2)=C1. The maximum Gasteiger partial charge on any atom is 0.189 e. The van der Waals surface area contributed by atoms with E-state index in [9.17, 15) is 0 Å². The number of nitrogens with zero attached hydrogens (tertiary/aromatic N) is 6. The summed E-state index contributed by atoms with van der Waals surface area (Å²) in [5.74, 6) is 2.05. The zero-order valence-corrected chi connectivity index (χ0v) is 19.6. The Morgan fingerprint density at radius 2 is 1.97 bits per heavy atom. The van der Waals surface area contributed by atoms with Crippen molar-refractivity contribution in [3.8, 4) is 11.3 Å². The van der Waals surface area contributed by atoms with Gasteiger partial charge < -0.3 is 19.1 Å². The van der Waals surface area contributed by atoms with Crippen LogP contribution in [0.4, 0.5) is 11.6 Å². The Bertz CT molecular complexity index is 1400. The third-order valence-corrected chi connectivity index (χ3v) is 6.06. The Kier molecular flexibility index (Phi) is 6.15. The number of aromatic nitrogens is 4. The fraction of sp³-hybridized carbons (Fsp3) is 0.231. The molecule has 0 amide bonds. The van der Waals surface area contributed by atoms with Gasteiger partial charge in [0.15, 0.2) is 17.2 Å². The van der Waals surface area contributed by atoms with Gasteiger partial charge in [-0.25, -0.2) is 4.98 Å². The fourth-order valence-electron chi connectivity index (χ4n) is 4.27. The molecular weight excluding hydrogens is 458 g/mol. The van der Waals surface area contributed by atoms with Crippen LogP contribution in [0.15, 0.2) is 90.1 Å². The van der Waals surface area contributed by atoms with E-state index in [1.165, 1.54) is 12.5 Å². The summed E-state index contributed by atoms with van der Waals surface area (Å²) in [7, 11) is 0. The molecule has 10 heteroatoms. The molecule has 0 spiro atoms. The summed E-state index contributed by atoms with van der Waals surface area (Å²) >= 11 is 0. The molecule has 1 aliphatic carbocycles. The van der Waals surface area contributed by atoms with Crippen molar-refractivity contribution in [1.82, 2.24) is 19.6 Å². The van der Waals surface area contributed by atoms with Crippen LogP contribution < -0.4 is 10.3 Å². The van der Waals surface area contributed by atoms with Gasteiger partial charge in [-0.15, -0.1) is 0 Å². The van der Waals surface area contributed by atoms with Crippen LogP contribution in [0.1, 0.15) is 12.8 Å². The number of allylic oxidation sites excluding steroid dienone is 4. The van der Waals surface area contributed by atoms with Gasteiger partial charge in [-0.1, -0.05) is 18.2 Å². The summed E-state index contributed by atoms with van der Waals surface area (Å²) in [6, 6.07) is 7.80. The number of nitrogens with one attached hydrogen (secondary N) is 1. The maximum absolute atomic E-state index is 5.68. The van der Waals surface area contributed by atoms with Crippen molar-refractivity contribution in [2.75, 3.05) is 36.6 Å². The monoisotopic (exact) mass is 483 g/mol. The van der Waals surface area contributed by atoms with Crippen molar-refractivity contribution in [2.24, 2.45) is 5.10 Å². The summed E-state index contributed by atoms with van der Waals surface area (Å²) in [6.45, 7) is 2.85. The van der Waals surface area contributed by atoms with Crippen molar-refractivity contribution in [3.05, 3.63) is 85.0 Å². The molecule has 0 saturated carbocycles. The Hall–Kier alpha value is -4.44. The number of fused-ring (bicyclic) bond motifs is 1. The van der Waals surface area contributed by atoms with Gasteiger partial charge in [0.25, 0.3) is 0 Å². The zero-order chi connectivity index (χ0) is 24.2. The molecule has 3 aromatic heterocycles. The van der Waals surface area contributed by atoms with Crippen molar-refractivity contribution >= 4 is 23.0 Å². The molecule has 2 aliphatic heterocycles. The van der Waals surface area contributed by atoms with E-state index in [1.807, 2.05) is 40.9 Å². The maximum atomic E-state index is 5.68. The molecule has 0 radical (unpaired) electrons. The third kappa shape index (κ3) is 4.58. The highest BCUT2D eigenvalue weighted by atomic mass is 16.5. The standard InChI is InChI=1S/C26H25N7O3/c1-2-4-20(5-3-1)26(22-18-35-14-15-36-22)30-29-23-17-25(32-10-12-34-13-11-32)33-24(28-23)16-21(31-33)19-6-8-27-9-7-19/h1-2,4,6-9,14-18H,3,5,10-13H2,(H,28,29). The molecule has 36 heavy (non-hydrogen) atoms. The molecule has 1 N–H and O–H groups in total. The van der Waals surface area contributed by atoms with Crippen LogP contribution in [0.25, 0.3) is 16.9 Å². The lowest BCUT2D eigenvalue weighted by Crippen LogP contribution is -2.37. The number of ether oxygens (including phenoxy) is 3. The first-order valence-corrected chi connectivity index (χ1v) is 11.9. The second-order valence-electron chi connectivity index (χ2n) is 8.37. The van der Waals surface area contributed by atoms with Gasteiger partial charge in [0.05, 0.1) is 18.9 Å². The zero-order valence-electron chi connectivity index (χ0n) is 19.6. The highest BCUT2D eigenvalue weighted by Gasteiger charge is 2.20. The van der Waals surface area contributed by atoms with E-state index in [0.29, 0.717) is 36.1 Å². The molecule has 3 aromatic rings. The first-order valence-electron chi connectivity index (χ1n) is 11.9. The van der Waals surface area contributed by atoms with E-state index in [0.717, 1.165) is 48.6 Å². The Labute approximate surface area is 207 Å². The number of hydrogen-bond donors (Lipinski definition) is 1. The van der Waals surface area contributed by atoms with Crippen molar-refractivity contribution in [2.45, 2.75) is 12.8 Å². The molecule has 6 rings (SSSR count). The van der Waals surface area contributed by atoms with Crippen LogP contribution in [0, 0.1) is 0 Å². The summed E-state index contributed by atoms with van der Waals surface area (Å²) in [5.41, 5.74) is 7.40. The van der Waals surface area contributed by atoms with Crippen LogP contribution >= 0.6 is 0 Å². The Morgan fingerprint density at radius 1 is 1.08 bits per heavy atom. The minimum absolute atomic E-state index is 0.533. The van der Waals surface area contributed by atoms with Crippen molar-refractivity contribution in [3.63, 3.8) is 0 Å². The van der Waals surface area contributed by atoms with Crippen LogP contribution in [0.2, 0.25) is 0 Å². The van der Waals surface area contributed by atoms with Gasteiger partial charge >= 0.3 is 0 Å². The molecular formula is C26H25N7O3. The molecule has 3 aliphatic rings. The summed E-state index contributed by atoms with van der Waals surface area (Å²) in [5, 5.41) is 9.56. The second kappa shape index (κ2) is 10.0. The minimum Gasteiger partial charge on any atom is -0.465 e. The lowest BCUT2D eigenvalue weighted by atomic mass is 9.99. The molecule has 1 fully saturated rings. The number of hydrogen-bond acceptors (Lipinski definition) is 9. The predicted molar refractivity (Wildman–Crippen MR) is 136 cm³/mol. The first kappa shape index (κ1) is 22.1. The normalized spacial score (nSPS) is 17.9. The molecule has 1 saturated heterocycles. The van der Waals surface area contributed by atoms with Gasteiger partial charge in [0.2, 0.25) is 0 Å². The van der Waals surface area contributed by atoms with E-state index in [1.54, 1.807) is 18.7 Å². The van der Waals surface area contributed by atoms with Crippen LogP contribution in [-0.4, -0.2) is 51.6 Å². The van der Waals surface area contributed by atoms with Gasteiger partial charge in [-0.2, -0.15) is 14.7 Å². The largest absolute Gasteiger partial charge is 0.465 e. The highest BCUT2D eigenvalue weighted by molar-refractivity contribution is 6.11. The number of rotatable bonds is 6. The molecule has 182 valence electrons. The molecule has 5 heterocycles. The smallest absolute Gasteiger partial charge is 0.189 e. The fourth-order valence-corrected chi connectivity index (χ4v) is 4.27. The number of hydrazone groups is 1. The van der Waals surface area contributed by atoms with Crippen LogP contribution in [-0.2, 0) is 14.2 Å². The van der Waals surface area contributed by atoms with E-state index < -0.39 is 0 Å². The number of anilines is 2. The van der Waals surface area contributed by atoms with E-state index >= 15 is 0 Å². The topological polar surface area (TPSA) is 98.4 Å². The molecule has 0 unspecified atom stereocenters. The highest BCUT2D eigenvalue weighted by Crippen LogP contribution is 2.26. The molecule has 0 aromatic carbocycles. The average Bonchev–Trinajstić information content (AvgIpc) is 3.39.